The zero-order valence-electron chi connectivity index (χ0n) is 11.2. The molecule has 2 N–H and O–H groups in total. The number of ketones is 1. The average Bonchev–Trinajstić information content (AvgIpc) is 2.48. The molecule has 106 valence electrons. The van der Waals surface area contributed by atoms with E-state index in [1.54, 1.807) is 30.3 Å². The molecule has 0 fully saturated rings. The maximum absolute atomic E-state index is 12.4. The molecule has 0 atom stereocenters. The first-order valence-electron chi connectivity index (χ1n) is 6.34. The number of aromatic carboxylic acids is 1. The lowest BCUT2D eigenvalue weighted by Crippen LogP contribution is -2.09. The van der Waals surface area contributed by atoms with Crippen molar-refractivity contribution in [1.29, 1.82) is 0 Å². The Hall–Kier alpha value is -2.88. The number of carboxylic acid groups (broad SMARTS) is 1. The molecular formula is C17H14O4. The Labute approximate surface area is 122 Å². The maximum atomic E-state index is 12.4. The van der Waals surface area contributed by atoms with Gasteiger partial charge in [0.15, 0.2) is 5.78 Å². The van der Waals surface area contributed by atoms with Gasteiger partial charge in [-0.05, 0) is 24.1 Å². The van der Waals surface area contributed by atoms with E-state index < -0.39 is 11.8 Å². The number of carbonyl (C=O) groups is 2. The summed E-state index contributed by atoms with van der Waals surface area (Å²) < 4.78 is 0. The van der Waals surface area contributed by atoms with E-state index in [1.165, 1.54) is 18.2 Å². The third-order valence-electron chi connectivity index (χ3n) is 3.11. The van der Waals surface area contributed by atoms with E-state index in [9.17, 15) is 14.7 Å². The molecule has 0 saturated heterocycles. The highest BCUT2D eigenvalue weighted by Gasteiger charge is 2.18. The summed E-state index contributed by atoms with van der Waals surface area (Å²) in [5.74, 6) is -1.60. The first-order valence-corrected chi connectivity index (χ1v) is 6.34. The van der Waals surface area contributed by atoms with E-state index in [-0.39, 0.29) is 22.4 Å². The summed E-state index contributed by atoms with van der Waals surface area (Å²) in [7, 11) is 0. The van der Waals surface area contributed by atoms with Gasteiger partial charge in [-0.25, -0.2) is 4.79 Å². The molecule has 4 nitrogen and oxygen atoms in total. The van der Waals surface area contributed by atoms with Gasteiger partial charge in [-0.3, -0.25) is 4.79 Å². The third kappa shape index (κ3) is 3.00. The Morgan fingerprint density at radius 2 is 1.76 bits per heavy atom. The van der Waals surface area contributed by atoms with Gasteiger partial charge in [-0.1, -0.05) is 36.4 Å². The van der Waals surface area contributed by atoms with Crippen molar-refractivity contribution in [1.82, 2.24) is 0 Å². The van der Waals surface area contributed by atoms with Crippen LogP contribution < -0.4 is 0 Å². The van der Waals surface area contributed by atoms with E-state index in [1.807, 2.05) is 0 Å². The van der Waals surface area contributed by atoms with Crippen LogP contribution in [0.2, 0.25) is 0 Å². The highest BCUT2D eigenvalue weighted by atomic mass is 16.4. The largest absolute Gasteiger partial charge is 0.508 e. The third-order valence-corrected chi connectivity index (χ3v) is 3.11. The lowest BCUT2D eigenvalue weighted by Gasteiger charge is -2.07. The highest BCUT2D eigenvalue weighted by molar-refractivity contribution is 6.14. The Balaban J connectivity index is 2.43. The summed E-state index contributed by atoms with van der Waals surface area (Å²) in [5, 5.41) is 19.0. The van der Waals surface area contributed by atoms with Gasteiger partial charge in [0.05, 0.1) is 5.56 Å². The lowest BCUT2D eigenvalue weighted by molar-refractivity contribution is 0.0693. The highest BCUT2D eigenvalue weighted by Crippen LogP contribution is 2.22. The second-order valence-electron chi connectivity index (χ2n) is 4.52. The first kappa shape index (κ1) is 14.5. The molecule has 0 bridgehead atoms. The molecule has 0 unspecified atom stereocenters. The van der Waals surface area contributed by atoms with E-state index >= 15 is 0 Å². The summed E-state index contributed by atoms with van der Waals surface area (Å²) in [6.07, 6.45) is 2.14. The molecule has 4 heteroatoms. The Morgan fingerprint density at radius 3 is 2.33 bits per heavy atom. The molecule has 2 aromatic rings. The van der Waals surface area contributed by atoms with Crippen LogP contribution in [-0.4, -0.2) is 22.0 Å². The molecule has 2 rings (SSSR count). The van der Waals surface area contributed by atoms with Crippen LogP contribution in [0.25, 0.3) is 0 Å². The minimum absolute atomic E-state index is 0.00597. The minimum Gasteiger partial charge on any atom is -0.508 e. The summed E-state index contributed by atoms with van der Waals surface area (Å²) in [5.41, 5.74) is 0.945. The van der Waals surface area contributed by atoms with Crippen LogP contribution in [-0.2, 0) is 6.42 Å². The van der Waals surface area contributed by atoms with E-state index in [0.717, 1.165) is 0 Å². The zero-order valence-corrected chi connectivity index (χ0v) is 11.2. The molecule has 21 heavy (non-hydrogen) atoms. The molecule has 0 aromatic heterocycles. The minimum atomic E-state index is -1.16. The quantitative estimate of drug-likeness (QED) is 0.653. The van der Waals surface area contributed by atoms with Gasteiger partial charge in [-0.15, -0.1) is 6.58 Å². The van der Waals surface area contributed by atoms with Crippen molar-refractivity contribution >= 4 is 11.8 Å². The fourth-order valence-electron chi connectivity index (χ4n) is 2.06. The molecule has 0 aliphatic rings. The molecule has 0 aliphatic heterocycles. The molecule has 0 spiro atoms. The van der Waals surface area contributed by atoms with Crippen molar-refractivity contribution in [3.05, 3.63) is 77.4 Å². The molecule has 0 radical (unpaired) electrons. The second kappa shape index (κ2) is 6.05. The lowest BCUT2D eigenvalue weighted by atomic mass is 9.97. The van der Waals surface area contributed by atoms with Crippen molar-refractivity contribution in [2.45, 2.75) is 6.42 Å². The molecular weight excluding hydrogens is 268 g/mol. The molecule has 0 amide bonds. The molecule has 2 aromatic carbocycles. The molecule has 0 saturated carbocycles. The monoisotopic (exact) mass is 282 g/mol. The van der Waals surface area contributed by atoms with Gasteiger partial charge < -0.3 is 10.2 Å². The van der Waals surface area contributed by atoms with Crippen LogP contribution in [0, 0.1) is 0 Å². The van der Waals surface area contributed by atoms with Crippen molar-refractivity contribution in [2.75, 3.05) is 0 Å². The van der Waals surface area contributed by atoms with Crippen molar-refractivity contribution in [3.8, 4) is 5.75 Å². The second-order valence-corrected chi connectivity index (χ2v) is 4.52. The van der Waals surface area contributed by atoms with Gasteiger partial charge in [0, 0.05) is 11.1 Å². The number of allylic oxidation sites excluding steroid dienone is 1. The fourth-order valence-corrected chi connectivity index (χ4v) is 2.06. The average molecular weight is 282 g/mol. The summed E-state index contributed by atoms with van der Waals surface area (Å²) in [6, 6.07) is 10.5. The van der Waals surface area contributed by atoms with E-state index in [0.29, 0.717) is 12.0 Å². The first-order chi connectivity index (χ1) is 10.0. The standard InChI is InChI=1S/C17H14O4/c1-2-5-11-8-9-12(10-15(11)18)16(19)13-6-3-4-7-14(13)17(20)21/h2-4,6-10,18H,1,5H2,(H,20,21). The predicted octanol–water partition coefficient (Wildman–Crippen LogP) is 3.05. The number of phenolic OH excluding ortho intramolecular Hbond substituents is 1. The number of aromatic hydroxyl groups is 1. The van der Waals surface area contributed by atoms with E-state index in [2.05, 4.69) is 6.58 Å². The smallest absolute Gasteiger partial charge is 0.336 e. The topological polar surface area (TPSA) is 74.6 Å². The zero-order chi connectivity index (χ0) is 15.4. The van der Waals surface area contributed by atoms with Gasteiger partial charge in [0.25, 0.3) is 0 Å². The number of rotatable bonds is 5. The fraction of sp³-hybridized carbons (Fsp3) is 0.0588. The van der Waals surface area contributed by atoms with Crippen LogP contribution in [0.15, 0.2) is 55.1 Å². The number of carboxylic acids is 1. The Kier molecular flexibility index (Phi) is 4.18. The van der Waals surface area contributed by atoms with E-state index in [4.69, 9.17) is 5.11 Å². The van der Waals surface area contributed by atoms with Crippen molar-refractivity contribution in [2.24, 2.45) is 0 Å². The van der Waals surface area contributed by atoms with Crippen LogP contribution in [0.4, 0.5) is 0 Å². The van der Waals surface area contributed by atoms with Crippen LogP contribution in [0.1, 0.15) is 31.8 Å². The normalized spacial score (nSPS) is 10.1. The molecule has 0 aliphatic carbocycles. The summed E-state index contributed by atoms with van der Waals surface area (Å²) in [6.45, 7) is 3.59. The number of hydrogen-bond acceptors (Lipinski definition) is 3. The predicted molar refractivity (Wildman–Crippen MR) is 78.8 cm³/mol. The summed E-state index contributed by atoms with van der Waals surface area (Å²) in [4.78, 5) is 23.5. The van der Waals surface area contributed by atoms with Crippen LogP contribution in [0.3, 0.4) is 0 Å². The Morgan fingerprint density at radius 1 is 1.10 bits per heavy atom. The number of carbonyl (C=O) groups excluding carboxylic acids is 1. The van der Waals surface area contributed by atoms with Gasteiger partial charge >= 0.3 is 5.97 Å². The van der Waals surface area contributed by atoms with Gasteiger partial charge in [0.2, 0.25) is 0 Å². The summed E-state index contributed by atoms with van der Waals surface area (Å²) >= 11 is 0. The SMILES string of the molecule is C=CCc1ccc(C(=O)c2ccccc2C(=O)O)cc1O. The van der Waals surface area contributed by atoms with Gasteiger partial charge in [-0.2, -0.15) is 0 Å². The van der Waals surface area contributed by atoms with Crippen LogP contribution >= 0.6 is 0 Å². The van der Waals surface area contributed by atoms with Crippen LogP contribution in [0.5, 0.6) is 5.75 Å². The number of hydrogen-bond donors (Lipinski definition) is 2. The maximum Gasteiger partial charge on any atom is 0.336 e. The van der Waals surface area contributed by atoms with Crippen molar-refractivity contribution in [3.63, 3.8) is 0 Å². The van der Waals surface area contributed by atoms with Gasteiger partial charge in [0.1, 0.15) is 5.75 Å². The number of phenols is 1. The number of benzene rings is 2. The Bertz CT molecular complexity index is 716. The molecule has 0 heterocycles. The van der Waals surface area contributed by atoms with Crippen molar-refractivity contribution < 1.29 is 19.8 Å².